The molecule has 0 aromatic heterocycles. The van der Waals surface area contributed by atoms with Gasteiger partial charge in [-0.15, -0.1) is 0 Å². The summed E-state index contributed by atoms with van der Waals surface area (Å²) in [6.45, 7) is 2.45. The Morgan fingerprint density at radius 2 is 1.81 bits per heavy atom. The van der Waals surface area contributed by atoms with Crippen LogP contribution in [0.25, 0.3) is 10.8 Å². The van der Waals surface area contributed by atoms with Crippen molar-refractivity contribution in [1.29, 1.82) is 0 Å². The van der Waals surface area contributed by atoms with E-state index in [2.05, 4.69) is 12.1 Å². The molecule has 2 nitrogen and oxygen atoms in total. The van der Waals surface area contributed by atoms with Gasteiger partial charge >= 0.3 is 0 Å². The lowest BCUT2D eigenvalue weighted by molar-refractivity contribution is 0.122. The number of nitrogens with two attached hydrogens (primary N) is 1. The minimum absolute atomic E-state index is 0.0844. The number of hydrogen-bond donors (Lipinski definition) is 2. The van der Waals surface area contributed by atoms with Gasteiger partial charge in [0.05, 0.1) is 6.10 Å². The highest BCUT2D eigenvalue weighted by Gasteiger charge is 2.14. The molecule has 0 amide bonds. The van der Waals surface area contributed by atoms with Crippen molar-refractivity contribution in [2.24, 2.45) is 11.7 Å². The molecule has 2 heteroatoms. The van der Waals surface area contributed by atoms with Gasteiger partial charge in [0.1, 0.15) is 0 Å². The summed E-state index contributed by atoms with van der Waals surface area (Å²) in [5, 5.41) is 12.4. The van der Waals surface area contributed by atoms with Gasteiger partial charge in [0, 0.05) is 0 Å². The van der Waals surface area contributed by atoms with Gasteiger partial charge in [-0.25, -0.2) is 0 Å². The Morgan fingerprint density at radius 3 is 2.50 bits per heavy atom. The van der Waals surface area contributed by atoms with Crippen molar-refractivity contribution in [2.75, 3.05) is 6.54 Å². The predicted molar refractivity (Wildman–Crippen MR) is 67.1 cm³/mol. The van der Waals surface area contributed by atoms with E-state index in [1.807, 2.05) is 37.3 Å². The number of benzene rings is 2. The molecule has 0 spiro atoms. The summed E-state index contributed by atoms with van der Waals surface area (Å²) in [6, 6.07) is 14.2. The summed E-state index contributed by atoms with van der Waals surface area (Å²) < 4.78 is 0. The largest absolute Gasteiger partial charge is 0.388 e. The Labute approximate surface area is 95.7 Å². The maximum atomic E-state index is 10.1. The van der Waals surface area contributed by atoms with Gasteiger partial charge in [-0.1, -0.05) is 43.3 Å². The van der Waals surface area contributed by atoms with Gasteiger partial charge in [-0.2, -0.15) is 0 Å². The first-order chi connectivity index (χ1) is 7.72. The fourth-order valence-electron chi connectivity index (χ4n) is 1.85. The number of aliphatic hydroxyl groups is 1. The number of rotatable bonds is 3. The summed E-state index contributed by atoms with van der Waals surface area (Å²) >= 11 is 0. The van der Waals surface area contributed by atoms with Crippen LogP contribution in [0.5, 0.6) is 0 Å². The second-order valence-electron chi connectivity index (χ2n) is 4.26. The molecule has 2 rings (SSSR count). The van der Waals surface area contributed by atoms with Crippen molar-refractivity contribution < 1.29 is 5.11 Å². The molecule has 0 radical (unpaired) electrons. The monoisotopic (exact) mass is 215 g/mol. The van der Waals surface area contributed by atoms with Crippen LogP contribution >= 0.6 is 0 Å². The molecule has 0 aliphatic heterocycles. The molecule has 0 bridgehead atoms. The van der Waals surface area contributed by atoms with E-state index in [0.717, 1.165) is 10.9 Å². The molecular weight excluding hydrogens is 198 g/mol. The molecule has 0 saturated carbocycles. The third-order valence-corrected chi connectivity index (χ3v) is 3.03. The van der Waals surface area contributed by atoms with E-state index in [1.165, 1.54) is 5.39 Å². The zero-order valence-corrected chi connectivity index (χ0v) is 9.43. The Hall–Kier alpha value is -1.38. The van der Waals surface area contributed by atoms with Crippen LogP contribution in [0, 0.1) is 5.92 Å². The molecular formula is C14H17NO. The fraction of sp³-hybridized carbons (Fsp3) is 0.286. The molecule has 0 aliphatic rings. The fourth-order valence-corrected chi connectivity index (χ4v) is 1.85. The maximum absolute atomic E-state index is 10.1. The predicted octanol–water partition coefficient (Wildman–Crippen LogP) is 2.47. The Kier molecular flexibility index (Phi) is 3.22. The quantitative estimate of drug-likeness (QED) is 0.826. The first kappa shape index (κ1) is 11.1. The topological polar surface area (TPSA) is 46.2 Å². The first-order valence-electron chi connectivity index (χ1n) is 5.59. The van der Waals surface area contributed by atoms with E-state index < -0.39 is 6.10 Å². The van der Waals surface area contributed by atoms with E-state index in [9.17, 15) is 5.11 Å². The molecule has 0 heterocycles. The van der Waals surface area contributed by atoms with Gasteiger partial charge < -0.3 is 10.8 Å². The van der Waals surface area contributed by atoms with E-state index >= 15 is 0 Å². The zero-order valence-electron chi connectivity index (χ0n) is 9.43. The van der Waals surface area contributed by atoms with Gasteiger partial charge in [0.25, 0.3) is 0 Å². The molecule has 2 aromatic rings. The Morgan fingerprint density at radius 1 is 1.12 bits per heavy atom. The SMILES string of the molecule is CC(CN)C(O)c1ccc2ccccc2c1. The molecule has 3 N–H and O–H groups in total. The van der Waals surface area contributed by atoms with Gasteiger partial charge in [-0.05, 0) is 34.9 Å². The summed E-state index contributed by atoms with van der Waals surface area (Å²) in [4.78, 5) is 0. The van der Waals surface area contributed by atoms with Crippen LogP contribution in [-0.4, -0.2) is 11.7 Å². The third kappa shape index (κ3) is 2.08. The van der Waals surface area contributed by atoms with Crippen LogP contribution in [-0.2, 0) is 0 Å². The van der Waals surface area contributed by atoms with E-state index in [0.29, 0.717) is 6.54 Å². The molecule has 2 unspecified atom stereocenters. The highest BCUT2D eigenvalue weighted by atomic mass is 16.3. The number of hydrogen-bond acceptors (Lipinski definition) is 2. The number of fused-ring (bicyclic) bond motifs is 1. The lowest BCUT2D eigenvalue weighted by atomic mass is 9.95. The van der Waals surface area contributed by atoms with Crippen LogP contribution in [0.15, 0.2) is 42.5 Å². The van der Waals surface area contributed by atoms with Crippen molar-refractivity contribution in [1.82, 2.24) is 0 Å². The molecule has 0 fully saturated rings. The average Bonchev–Trinajstić information content (AvgIpc) is 2.36. The second kappa shape index (κ2) is 4.64. The van der Waals surface area contributed by atoms with Crippen molar-refractivity contribution in [3.8, 4) is 0 Å². The van der Waals surface area contributed by atoms with Crippen LogP contribution in [0.3, 0.4) is 0 Å². The van der Waals surface area contributed by atoms with Crippen LogP contribution < -0.4 is 5.73 Å². The average molecular weight is 215 g/mol. The zero-order chi connectivity index (χ0) is 11.5. The van der Waals surface area contributed by atoms with Crippen LogP contribution in [0.1, 0.15) is 18.6 Å². The summed E-state index contributed by atoms with van der Waals surface area (Å²) in [7, 11) is 0. The maximum Gasteiger partial charge on any atom is 0.0827 e. The van der Waals surface area contributed by atoms with Gasteiger partial charge in [-0.3, -0.25) is 0 Å². The molecule has 84 valence electrons. The van der Waals surface area contributed by atoms with E-state index in [1.54, 1.807) is 0 Å². The minimum atomic E-state index is -0.477. The Bertz CT molecular complexity index is 481. The second-order valence-corrected chi connectivity index (χ2v) is 4.26. The van der Waals surface area contributed by atoms with Gasteiger partial charge in [0.2, 0.25) is 0 Å². The minimum Gasteiger partial charge on any atom is -0.388 e. The molecule has 2 aromatic carbocycles. The van der Waals surface area contributed by atoms with Gasteiger partial charge in [0.15, 0.2) is 0 Å². The number of aliphatic hydroxyl groups excluding tert-OH is 1. The van der Waals surface area contributed by atoms with E-state index in [-0.39, 0.29) is 5.92 Å². The molecule has 0 aliphatic carbocycles. The highest BCUT2D eigenvalue weighted by molar-refractivity contribution is 5.83. The lowest BCUT2D eigenvalue weighted by Gasteiger charge is -2.17. The standard InChI is InChI=1S/C14H17NO/c1-10(9-15)14(16)13-7-6-11-4-2-3-5-12(11)8-13/h2-8,10,14,16H,9,15H2,1H3. The first-order valence-corrected chi connectivity index (χ1v) is 5.59. The molecule has 2 atom stereocenters. The van der Waals surface area contributed by atoms with Crippen LogP contribution in [0.4, 0.5) is 0 Å². The van der Waals surface area contributed by atoms with Crippen molar-refractivity contribution in [2.45, 2.75) is 13.0 Å². The summed E-state index contributed by atoms with van der Waals surface area (Å²) in [5.41, 5.74) is 6.50. The van der Waals surface area contributed by atoms with Crippen LogP contribution in [0.2, 0.25) is 0 Å². The molecule has 16 heavy (non-hydrogen) atoms. The highest BCUT2D eigenvalue weighted by Crippen LogP contribution is 2.24. The van der Waals surface area contributed by atoms with Crippen molar-refractivity contribution in [3.63, 3.8) is 0 Å². The van der Waals surface area contributed by atoms with Crippen molar-refractivity contribution in [3.05, 3.63) is 48.0 Å². The third-order valence-electron chi connectivity index (χ3n) is 3.03. The lowest BCUT2D eigenvalue weighted by Crippen LogP contribution is -2.18. The Balaban J connectivity index is 2.39. The van der Waals surface area contributed by atoms with Crippen molar-refractivity contribution >= 4 is 10.8 Å². The molecule has 0 saturated heterocycles. The smallest absolute Gasteiger partial charge is 0.0827 e. The normalized spacial score (nSPS) is 14.9. The summed E-state index contributed by atoms with van der Waals surface area (Å²) in [5.74, 6) is 0.0844. The summed E-state index contributed by atoms with van der Waals surface area (Å²) in [6.07, 6.45) is -0.477. The van der Waals surface area contributed by atoms with E-state index in [4.69, 9.17) is 5.73 Å².